The predicted molar refractivity (Wildman–Crippen MR) is 84.8 cm³/mol. The minimum atomic E-state index is 0. The van der Waals surface area contributed by atoms with E-state index in [2.05, 4.69) is 62.4 Å². The van der Waals surface area contributed by atoms with Crippen LogP contribution in [0.3, 0.4) is 0 Å². The van der Waals surface area contributed by atoms with Gasteiger partial charge in [-0.25, -0.2) is 0 Å². The van der Waals surface area contributed by atoms with Crippen LogP contribution in [0.5, 0.6) is 0 Å². The summed E-state index contributed by atoms with van der Waals surface area (Å²) in [5.74, 6) is 1.60. The monoisotopic (exact) mass is 244 g/mol. The normalized spacial score (nSPS) is 17.1. The van der Waals surface area contributed by atoms with Crippen LogP contribution >= 0.6 is 0 Å². The first-order chi connectivity index (χ1) is 8.75. The van der Waals surface area contributed by atoms with E-state index < -0.39 is 0 Å². The summed E-state index contributed by atoms with van der Waals surface area (Å²) in [6, 6.07) is 17.6. The summed E-state index contributed by atoms with van der Waals surface area (Å²) in [5, 5.41) is 0. The Hall–Kier alpha value is -0.963. The van der Waals surface area contributed by atoms with Gasteiger partial charge >= 0.3 is 18.9 Å². The first-order valence-electron chi connectivity index (χ1n) is 6.92. The third-order valence-corrected chi connectivity index (χ3v) is 4.25. The molecule has 0 saturated carbocycles. The summed E-state index contributed by atoms with van der Waals surface area (Å²) in [6.07, 6.45) is 2.51. The van der Waals surface area contributed by atoms with E-state index in [4.69, 9.17) is 0 Å². The summed E-state index contributed by atoms with van der Waals surface area (Å²) >= 11 is 0. The molecule has 3 rings (SSSR count). The zero-order valence-electron chi connectivity index (χ0n) is 11.2. The van der Waals surface area contributed by atoms with Gasteiger partial charge in [0, 0.05) is 0 Å². The molecule has 0 amide bonds. The molecule has 1 aliphatic carbocycles. The van der Waals surface area contributed by atoms with Crippen LogP contribution in [-0.4, -0.2) is 18.9 Å². The Balaban J connectivity index is 0.00000133. The summed E-state index contributed by atoms with van der Waals surface area (Å²) in [6.45, 7) is 4.69. The third-order valence-electron chi connectivity index (χ3n) is 4.25. The molecule has 0 heterocycles. The van der Waals surface area contributed by atoms with E-state index in [-0.39, 0.29) is 18.9 Å². The molecular formula is C18H21Li. The molecule has 0 spiro atoms. The molecule has 2 aromatic rings. The van der Waals surface area contributed by atoms with Crippen LogP contribution < -0.4 is 0 Å². The first-order valence-corrected chi connectivity index (χ1v) is 6.92. The molecule has 0 bridgehead atoms. The van der Waals surface area contributed by atoms with E-state index in [0.717, 1.165) is 11.8 Å². The Bertz CT molecular complexity index is 543. The second-order valence-electron chi connectivity index (χ2n) is 5.72. The molecule has 0 fully saturated rings. The van der Waals surface area contributed by atoms with Gasteiger partial charge in [-0.2, -0.15) is 0 Å². The Morgan fingerprint density at radius 3 is 2.32 bits per heavy atom. The maximum absolute atomic E-state index is 2.35. The Morgan fingerprint density at radius 1 is 0.895 bits per heavy atom. The standard InChI is InChI=1S/C18H20.Li.H/c1-13(2)16-11-15-9-6-10-17(18(15)12-16)14-7-4-3-5-8-14;;/h3-10,13,16H,11-12H2,1-2H3;;. The van der Waals surface area contributed by atoms with Crippen molar-refractivity contribution in [2.24, 2.45) is 11.8 Å². The molecule has 0 N–H and O–H groups in total. The van der Waals surface area contributed by atoms with Crippen molar-refractivity contribution in [1.82, 2.24) is 0 Å². The van der Waals surface area contributed by atoms with Crippen LogP contribution in [0.25, 0.3) is 11.1 Å². The Labute approximate surface area is 128 Å². The Morgan fingerprint density at radius 2 is 1.63 bits per heavy atom. The quantitative estimate of drug-likeness (QED) is 0.698. The summed E-state index contributed by atoms with van der Waals surface area (Å²) < 4.78 is 0. The SMILES string of the molecule is CC(C)C1Cc2cccc(-c3ccccc3)c2C1.[LiH]. The van der Waals surface area contributed by atoms with Crippen LogP contribution in [0.1, 0.15) is 25.0 Å². The number of hydrogen-bond acceptors (Lipinski definition) is 0. The van der Waals surface area contributed by atoms with Gasteiger partial charge in [0.1, 0.15) is 0 Å². The molecule has 1 aliphatic rings. The van der Waals surface area contributed by atoms with E-state index in [9.17, 15) is 0 Å². The zero-order valence-corrected chi connectivity index (χ0v) is 11.2. The molecule has 0 aliphatic heterocycles. The summed E-state index contributed by atoms with van der Waals surface area (Å²) in [4.78, 5) is 0. The van der Waals surface area contributed by atoms with E-state index >= 15 is 0 Å². The van der Waals surface area contributed by atoms with E-state index in [1.165, 1.54) is 24.0 Å². The van der Waals surface area contributed by atoms with Gasteiger partial charge in [0.25, 0.3) is 0 Å². The third kappa shape index (κ3) is 2.81. The van der Waals surface area contributed by atoms with Crippen molar-refractivity contribution in [3.63, 3.8) is 0 Å². The molecule has 0 nitrogen and oxygen atoms in total. The van der Waals surface area contributed by atoms with Gasteiger partial charge in [-0.05, 0) is 46.9 Å². The van der Waals surface area contributed by atoms with Gasteiger partial charge in [0.15, 0.2) is 0 Å². The molecule has 94 valence electrons. The van der Waals surface area contributed by atoms with Gasteiger partial charge in [0.2, 0.25) is 0 Å². The van der Waals surface area contributed by atoms with Crippen LogP contribution in [0, 0.1) is 11.8 Å². The van der Waals surface area contributed by atoms with Crippen molar-refractivity contribution in [3.8, 4) is 11.1 Å². The zero-order chi connectivity index (χ0) is 12.5. The van der Waals surface area contributed by atoms with Gasteiger partial charge in [-0.15, -0.1) is 0 Å². The van der Waals surface area contributed by atoms with Crippen molar-refractivity contribution >= 4 is 18.9 Å². The maximum atomic E-state index is 2.35. The average molecular weight is 244 g/mol. The second kappa shape index (κ2) is 5.99. The fourth-order valence-electron chi connectivity index (χ4n) is 3.04. The van der Waals surface area contributed by atoms with Crippen LogP contribution in [0.4, 0.5) is 0 Å². The topological polar surface area (TPSA) is 0 Å². The van der Waals surface area contributed by atoms with Crippen molar-refractivity contribution in [2.45, 2.75) is 26.7 Å². The summed E-state index contributed by atoms with van der Waals surface area (Å²) in [5.41, 5.74) is 5.95. The van der Waals surface area contributed by atoms with E-state index in [1.807, 2.05) is 0 Å². The number of rotatable bonds is 2. The molecule has 1 heteroatoms. The van der Waals surface area contributed by atoms with Crippen molar-refractivity contribution in [2.75, 3.05) is 0 Å². The molecule has 1 atom stereocenters. The van der Waals surface area contributed by atoms with Crippen molar-refractivity contribution in [1.29, 1.82) is 0 Å². The van der Waals surface area contributed by atoms with Crippen LogP contribution in [0.2, 0.25) is 0 Å². The number of hydrogen-bond donors (Lipinski definition) is 0. The molecule has 0 saturated heterocycles. The van der Waals surface area contributed by atoms with Gasteiger partial charge in [-0.3, -0.25) is 0 Å². The fourth-order valence-corrected chi connectivity index (χ4v) is 3.04. The van der Waals surface area contributed by atoms with Crippen LogP contribution in [-0.2, 0) is 12.8 Å². The summed E-state index contributed by atoms with van der Waals surface area (Å²) in [7, 11) is 0. The molecule has 19 heavy (non-hydrogen) atoms. The van der Waals surface area contributed by atoms with Gasteiger partial charge in [0.05, 0.1) is 0 Å². The number of benzene rings is 2. The van der Waals surface area contributed by atoms with Gasteiger partial charge < -0.3 is 0 Å². The molecule has 0 aromatic heterocycles. The molecule has 0 radical (unpaired) electrons. The average Bonchev–Trinajstić information content (AvgIpc) is 2.83. The fraction of sp³-hybridized carbons (Fsp3) is 0.333. The van der Waals surface area contributed by atoms with E-state index in [1.54, 1.807) is 11.1 Å². The van der Waals surface area contributed by atoms with Crippen molar-refractivity contribution in [3.05, 3.63) is 59.7 Å². The first kappa shape index (κ1) is 14.4. The minimum absolute atomic E-state index is 0. The van der Waals surface area contributed by atoms with E-state index in [0.29, 0.717) is 0 Å². The molecule has 2 aromatic carbocycles. The van der Waals surface area contributed by atoms with Gasteiger partial charge in [-0.1, -0.05) is 62.4 Å². The second-order valence-corrected chi connectivity index (χ2v) is 5.72. The molecular weight excluding hydrogens is 223 g/mol. The Kier molecular flexibility index (Phi) is 4.56. The van der Waals surface area contributed by atoms with Crippen LogP contribution in [0.15, 0.2) is 48.5 Å². The molecule has 1 unspecified atom stereocenters. The number of fused-ring (bicyclic) bond motifs is 1. The predicted octanol–water partition coefficient (Wildman–Crippen LogP) is 4.08. The van der Waals surface area contributed by atoms with Crippen molar-refractivity contribution < 1.29 is 0 Å².